The van der Waals surface area contributed by atoms with Crippen molar-refractivity contribution < 1.29 is 13.2 Å². The molecule has 0 aliphatic rings. The monoisotopic (exact) mass is 372 g/mol. The van der Waals surface area contributed by atoms with E-state index in [0.29, 0.717) is 11.3 Å². The van der Waals surface area contributed by atoms with Crippen LogP contribution in [0.5, 0.6) is 0 Å². The van der Waals surface area contributed by atoms with Gasteiger partial charge in [0, 0.05) is 5.56 Å². The smallest absolute Gasteiger partial charge is 0.251 e. The number of amides is 1. The van der Waals surface area contributed by atoms with Crippen LogP contribution in [-0.2, 0) is 10.0 Å². The quantitative estimate of drug-likeness (QED) is 0.721. The zero-order valence-corrected chi connectivity index (χ0v) is 15.9. The van der Waals surface area contributed by atoms with Crippen molar-refractivity contribution >= 4 is 21.6 Å². The molecule has 1 unspecified atom stereocenters. The zero-order chi connectivity index (χ0) is 19.2. The van der Waals surface area contributed by atoms with E-state index in [1.165, 1.54) is 10.4 Å². The first kappa shape index (κ1) is 19.7. The van der Waals surface area contributed by atoms with Crippen molar-refractivity contribution in [2.24, 2.45) is 0 Å². The second-order valence-corrected chi connectivity index (χ2v) is 7.88. The highest BCUT2D eigenvalue weighted by Gasteiger charge is 2.17. The number of rotatable bonds is 8. The highest BCUT2D eigenvalue weighted by Crippen LogP contribution is 2.20. The molecular formula is C20H24N2O3S. The van der Waals surface area contributed by atoms with E-state index in [2.05, 4.69) is 11.9 Å². The maximum absolute atomic E-state index is 12.5. The minimum absolute atomic E-state index is 0.0725. The molecule has 2 aromatic carbocycles. The second kappa shape index (κ2) is 8.67. The fourth-order valence-corrected chi connectivity index (χ4v) is 3.56. The van der Waals surface area contributed by atoms with E-state index in [1.54, 1.807) is 24.3 Å². The number of nitrogens with one attached hydrogen (secondary N) is 1. The predicted molar refractivity (Wildman–Crippen MR) is 106 cm³/mol. The third kappa shape index (κ3) is 4.95. The number of hydrogen-bond acceptors (Lipinski definition) is 3. The fraction of sp³-hybridized carbons (Fsp3) is 0.250. The van der Waals surface area contributed by atoms with Crippen LogP contribution in [0.2, 0.25) is 0 Å². The average molecular weight is 372 g/mol. The minimum Gasteiger partial charge on any atom is -0.345 e. The van der Waals surface area contributed by atoms with E-state index in [9.17, 15) is 13.2 Å². The number of sulfonamides is 1. The van der Waals surface area contributed by atoms with Crippen molar-refractivity contribution in [1.29, 1.82) is 0 Å². The first-order valence-electron chi connectivity index (χ1n) is 8.41. The second-order valence-electron chi connectivity index (χ2n) is 5.97. The lowest BCUT2D eigenvalue weighted by atomic mass is 10.0. The molecule has 0 spiro atoms. The van der Waals surface area contributed by atoms with Crippen LogP contribution in [0.25, 0.3) is 0 Å². The first-order chi connectivity index (χ1) is 12.4. The van der Waals surface area contributed by atoms with Gasteiger partial charge in [-0.15, -0.1) is 6.58 Å². The molecule has 0 saturated heterocycles. The lowest BCUT2D eigenvalue weighted by molar-refractivity contribution is 0.0935. The molecule has 0 aliphatic carbocycles. The third-order valence-electron chi connectivity index (χ3n) is 4.03. The molecule has 0 aromatic heterocycles. The van der Waals surface area contributed by atoms with Gasteiger partial charge in [0.25, 0.3) is 5.91 Å². The summed E-state index contributed by atoms with van der Waals surface area (Å²) in [7, 11) is -3.41. The number of nitrogens with zero attached hydrogens (tertiary/aromatic N) is 1. The Bertz CT molecular complexity index is 846. The largest absolute Gasteiger partial charge is 0.345 e. The molecule has 0 heterocycles. The van der Waals surface area contributed by atoms with Crippen LogP contribution in [-0.4, -0.2) is 27.1 Å². The van der Waals surface area contributed by atoms with Crippen LogP contribution < -0.4 is 9.62 Å². The molecule has 1 amide bonds. The van der Waals surface area contributed by atoms with Crippen LogP contribution in [0.3, 0.4) is 0 Å². The van der Waals surface area contributed by atoms with Crippen LogP contribution in [0.1, 0.15) is 35.3 Å². The highest BCUT2D eigenvalue weighted by atomic mass is 32.2. The van der Waals surface area contributed by atoms with Crippen molar-refractivity contribution in [3.63, 3.8) is 0 Å². The van der Waals surface area contributed by atoms with E-state index in [0.717, 1.165) is 18.2 Å². The van der Waals surface area contributed by atoms with Crippen molar-refractivity contribution in [2.45, 2.75) is 19.4 Å². The molecule has 0 radical (unpaired) electrons. The van der Waals surface area contributed by atoms with Gasteiger partial charge in [-0.1, -0.05) is 43.3 Å². The molecule has 26 heavy (non-hydrogen) atoms. The molecule has 138 valence electrons. The van der Waals surface area contributed by atoms with Gasteiger partial charge in [0.05, 0.1) is 24.5 Å². The zero-order valence-electron chi connectivity index (χ0n) is 15.1. The van der Waals surface area contributed by atoms with E-state index >= 15 is 0 Å². The first-order valence-corrected chi connectivity index (χ1v) is 10.3. The average Bonchev–Trinajstić information content (AvgIpc) is 2.64. The van der Waals surface area contributed by atoms with E-state index < -0.39 is 10.0 Å². The van der Waals surface area contributed by atoms with Gasteiger partial charge < -0.3 is 5.32 Å². The minimum atomic E-state index is -3.41. The summed E-state index contributed by atoms with van der Waals surface area (Å²) in [5.41, 5.74) is 2.03. The Hall–Kier alpha value is -2.60. The Morgan fingerprint density at radius 1 is 1.15 bits per heavy atom. The number of anilines is 1. The maximum atomic E-state index is 12.5. The van der Waals surface area contributed by atoms with E-state index in [-0.39, 0.29) is 18.5 Å². The molecule has 0 fully saturated rings. The maximum Gasteiger partial charge on any atom is 0.251 e. The Morgan fingerprint density at radius 2 is 1.77 bits per heavy atom. The van der Waals surface area contributed by atoms with E-state index in [4.69, 9.17) is 0 Å². The molecule has 0 aliphatic heterocycles. The van der Waals surface area contributed by atoms with Crippen LogP contribution in [0.4, 0.5) is 5.69 Å². The standard InChI is InChI=1S/C20H24N2O3S/c1-4-15-22(26(3,24)25)18-13-11-17(12-14-18)20(23)21-19(5-2)16-9-7-6-8-10-16/h4,6-14,19H,1,5,15H2,2-3H3,(H,21,23). The summed E-state index contributed by atoms with van der Waals surface area (Å²) in [6, 6.07) is 16.2. The van der Waals surface area contributed by atoms with Gasteiger partial charge in [-0.2, -0.15) is 0 Å². The number of carbonyl (C=O) groups is 1. The molecule has 2 aromatic rings. The van der Waals surface area contributed by atoms with Gasteiger partial charge in [-0.05, 0) is 36.2 Å². The van der Waals surface area contributed by atoms with Crippen molar-refractivity contribution in [3.8, 4) is 0 Å². The predicted octanol–water partition coefficient (Wildman–Crippen LogP) is 3.52. The van der Waals surface area contributed by atoms with Gasteiger partial charge in [0.1, 0.15) is 0 Å². The fourth-order valence-electron chi connectivity index (χ4n) is 2.68. The summed E-state index contributed by atoms with van der Waals surface area (Å²) < 4.78 is 25.0. The number of benzene rings is 2. The SMILES string of the molecule is C=CCN(c1ccc(C(=O)NC(CC)c2ccccc2)cc1)S(C)(=O)=O. The summed E-state index contributed by atoms with van der Waals surface area (Å²) >= 11 is 0. The highest BCUT2D eigenvalue weighted by molar-refractivity contribution is 7.92. The Kier molecular flexibility index (Phi) is 6.58. The van der Waals surface area contributed by atoms with Crippen LogP contribution in [0, 0.1) is 0 Å². The molecule has 0 saturated carbocycles. The topological polar surface area (TPSA) is 66.5 Å². The normalized spacial score (nSPS) is 12.2. The Balaban J connectivity index is 2.16. The van der Waals surface area contributed by atoms with Gasteiger partial charge in [0.15, 0.2) is 0 Å². The lowest BCUT2D eigenvalue weighted by Crippen LogP contribution is -2.30. The van der Waals surface area contributed by atoms with Crippen molar-refractivity contribution in [3.05, 3.63) is 78.4 Å². The van der Waals surface area contributed by atoms with Crippen molar-refractivity contribution in [2.75, 3.05) is 17.1 Å². The molecule has 1 atom stereocenters. The summed E-state index contributed by atoms with van der Waals surface area (Å²) in [6.45, 7) is 5.78. The summed E-state index contributed by atoms with van der Waals surface area (Å²) in [4.78, 5) is 12.5. The molecular weight excluding hydrogens is 348 g/mol. The summed E-state index contributed by atoms with van der Waals surface area (Å²) in [5, 5.41) is 3.02. The van der Waals surface area contributed by atoms with E-state index in [1.807, 2.05) is 37.3 Å². The Morgan fingerprint density at radius 3 is 2.27 bits per heavy atom. The molecule has 0 bridgehead atoms. The number of hydrogen-bond donors (Lipinski definition) is 1. The van der Waals surface area contributed by atoms with Gasteiger partial charge in [-0.25, -0.2) is 8.42 Å². The van der Waals surface area contributed by atoms with Crippen molar-refractivity contribution in [1.82, 2.24) is 5.32 Å². The lowest BCUT2D eigenvalue weighted by Gasteiger charge is -2.21. The molecule has 6 heteroatoms. The van der Waals surface area contributed by atoms with Crippen LogP contribution >= 0.6 is 0 Å². The number of carbonyl (C=O) groups excluding carboxylic acids is 1. The van der Waals surface area contributed by atoms with Crippen LogP contribution in [0.15, 0.2) is 67.3 Å². The molecule has 2 rings (SSSR count). The van der Waals surface area contributed by atoms with Gasteiger partial charge in [-0.3, -0.25) is 9.10 Å². The third-order valence-corrected chi connectivity index (χ3v) is 5.19. The van der Waals surface area contributed by atoms with Gasteiger partial charge >= 0.3 is 0 Å². The summed E-state index contributed by atoms with van der Waals surface area (Å²) in [5.74, 6) is -0.193. The van der Waals surface area contributed by atoms with Gasteiger partial charge in [0.2, 0.25) is 10.0 Å². The summed E-state index contributed by atoms with van der Waals surface area (Å²) in [6.07, 6.45) is 3.44. The molecule has 1 N–H and O–H groups in total. The Labute approximate surface area is 155 Å². The molecule has 5 nitrogen and oxygen atoms in total.